The normalized spacial score (nSPS) is 15.6. The maximum absolute atomic E-state index is 11.5. The van der Waals surface area contributed by atoms with E-state index in [1.54, 1.807) is 0 Å². The third-order valence-corrected chi connectivity index (χ3v) is 5.95. The Hall–Kier alpha value is -1.67. The van der Waals surface area contributed by atoms with Crippen LogP contribution in [0.25, 0.3) is 11.0 Å². The lowest BCUT2D eigenvalue weighted by molar-refractivity contribution is 0.265. The highest BCUT2D eigenvalue weighted by molar-refractivity contribution is 7.90. The molecule has 0 saturated heterocycles. The molecule has 0 radical (unpaired) electrons. The van der Waals surface area contributed by atoms with Gasteiger partial charge >= 0.3 is 0 Å². The van der Waals surface area contributed by atoms with E-state index in [4.69, 9.17) is 10.7 Å². The first-order valence-electron chi connectivity index (χ1n) is 9.76. The Labute approximate surface area is 161 Å². The van der Waals surface area contributed by atoms with Crippen molar-refractivity contribution in [3.05, 3.63) is 17.1 Å². The first kappa shape index (κ1) is 20.1. The van der Waals surface area contributed by atoms with Gasteiger partial charge in [0.05, 0.1) is 17.0 Å². The summed E-state index contributed by atoms with van der Waals surface area (Å²) >= 11 is 0. The van der Waals surface area contributed by atoms with E-state index in [9.17, 15) is 8.42 Å². The second-order valence-corrected chi connectivity index (χ2v) is 10.3. The summed E-state index contributed by atoms with van der Waals surface area (Å²) in [4.78, 5) is 11.6. The summed E-state index contributed by atoms with van der Waals surface area (Å²) in [7, 11) is -2.97. The third-order valence-electron chi connectivity index (χ3n) is 5.03. The van der Waals surface area contributed by atoms with Crippen molar-refractivity contribution in [1.82, 2.24) is 19.4 Å². The fraction of sp³-hybridized carbons (Fsp3) is 0.684. The van der Waals surface area contributed by atoms with Crippen LogP contribution in [0.15, 0.2) is 0 Å². The molecule has 0 aliphatic carbocycles. The molecule has 1 aliphatic heterocycles. The van der Waals surface area contributed by atoms with Gasteiger partial charge in [-0.05, 0) is 18.8 Å². The minimum Gasteiger partial charge on any atom is -0.382 e. The van der Waals surface area contributed by atoms with Crippen LogP contribution in [0.5, 0.6) is 0 Å². The van der Waals surface area contributed by atoms with E-state index in [1.165, 1.54) is 11.8 Å². The number of nitrogen functional groups attached to an aromatic ring is 1. The molecule has 0 amide bonds. The van der Waals surface area contributed by atoms with E-state index in [0.29, 0.717) is 24.8 Å². The second-order valence-electron chi connectivity index (χ2n) is 8.06. The molecule has 0 aromatic carbocycles. The van der Waals surface area contributed by atoms with Gasteiger partial charge in [0, 0.05) is 44.4 Å². The maximum atomic E-state index is 11.5. The van der Waals surface area contributed by atoms with E-state index < -0.39 is 9.84 Å². The molecule has 3 heterocycles. The fourth-order valence-electron chi connectivity index (χ4n) is 3.80. The van der Waals surface area contributed by atoms with Crippen molar-refractivity contribution in [2.45, 2.75) is 53.1 Å². The minimum absolute atomic E-state index is 0.173. The minimum atomic E-state index is -2.97. The standard InChI is InChI=1S/C19H31N5O2S/c1-5-6-16-22-17-18(24(16)11-13(2)3)14-7-8-23(9-10-27(4,25)26)12-15(14)21-19(17)20/h13H,5-12H2,1-4H3,(H2,20,21). The van der Waals surface area contributed by atoms with E-state index >= 15 is 0 Å². The highest BCUT2D eigenvalue weighted by atomic mass is 32.2. The molecule has 0 atom stereocenters. The Kier molecular flexibility index (Phi) is 5.76. The number of imidazole rings is 1. The van der Waals surface area contributed by atoms with Gasteiger partial charge in [-0.15, -0.1) is 0 Å². The van der Waals surface area contributed by atoms with Crippen LogP contribution in [0.3, 0.4) is 0 Å². The number of pyridine rings is 1. The molecule has 0 fully saturated rings. The van der Waals surface area contributed by atoms with Crippen LogP contribution in [0.1, 0.15) is 44.3 Å². The predicted molar refractivity (Wildman–Crippen MR) is 109 cm³/mol. The van der Waals surface area contributed by atoms with E-state index in [0.717, 1.165) is 54.9 Å². The lowest BCUT2D eigenvalue weighted by Gasteiger charge is -2.28. The Morgan fingerprint density at radius 2 is 2.00 bits per heavy atom. The number of sulfone groups is 1. The lowest BCUT2D eigenvalue weighted by atomic mass is 10.0. The molecule has 0 bridgehead atoms. The molecule has 0 saturated carbocycles. The van der Waals surface area contributed by atoms with Crippen molar-refractivity contribution >= 4 is 26.7 Å². The molecular weight excluding hydrogens is 362 g/mol. The number of fused-ring (bicyclic) bond motifs is 3. The monoisotopic (exact) mass is 393 g/mol. The molecule has 150 valence electrons. The van der Waals surface area contributed by atoms with E-state index in [-0.39, 0.29) is 5.75 Å². The number of aryl methyl sites for hydroxylation is 1. The first-order valence-corrected chi connectivity index (χ1v) is 11.8. The quantitative estimate of drug-likeness (QED) is 0.773. The number of anilines is 1. The van der Waals surface area contributed by atoms with Gasteiger partial charge in [0.2, 0.25) is 0 Å². The van der Waals surface area contributed by atoms with Crippen molar-refractivity contribution in [3.63, 3.8) is 0 Å². The zero-order valence-electron chi connectivity index (χ0n) is 16.8. The summed E-state index contributed by atoms with van der Waals surface area (Å²) in [5.74, 6) is 2.25. The second kappa shape index (κ2) is 7.75. The van der Waals surface area contributed by atoms with Crippen LogP contribution in [-0.2, 0) is 35.8 Å². The van der Waals surface area contributed by atoms with Crippen molar-refractivity contribution in [2.75, 3.05) is 30.8 Å². The van der Waals surface area contributed by atoms with Crippen LogP contribution in [0.2, 0.25) is 0 Å². The van der Waals surface area contributed by atoms with Gasteiger partial charge in [-0.1, -0.05) is 20.8 Å². The SMILES string of the molecule is CCCc1nc2c(N)nc3c(c2n1CC(C)C)CCN(CCS(C)(=O)=O)C3. The third kappa shape index (κ3) is 4.43. The Morgan fingerprint density at radius 1 is 1.26 bits per heavy atom. The predicted octanol–water partition coefficient (Wildman–Crippen LogP) is 2.02. The van der Waals surface area contributed by atoms with Gasteiger partial charge in [0.15, 0.2) is 5.82 Å². The Morgan fingerprint density at radius 3 is 2.63 bits per heavy atom. The number of nitrogens with two attached hydrogens (primary N) is 1. The average molecular weight is 394 g/mol. The molecule has 2 N–H and O–H groups in total. The van der Waals surface area contributed by atoms with Gasteiger partial charge in [0.25, 0.3) is 0 Å². The first-order chi connectivity index (χ1) is 12.7. The maximum Gasteiger partial charge on any atom is 0.151 e. The molecule has 1 aliphatic rings. The van der Waals surface area contributed by atoms with Crippen molar-refractivity contribution in [2.24, 2.45) is 5.92 Å². The van der Waals surface area contributed by atoms with Crippen LogP contribution in [0, 0.1) is 5.92 Å². The van der Waals surface area contributed by atoms with E-state index in [1.807, 2.05) is 0 Å². The summed E-state index contributed by atoms with van der Waals surface area (Å²) < 4.78 is 25.3. The Bertz CT molecular complexity index is 933. The van der Waals surface area contributed by atoms with E-state index in [2.05, 4.69) is 35.2 Å². The van der Waals surface area contributed by atoms with Gasteiger partial charge in [0.1, 0.15) is 21.2 Å². The van der Waals surface area contributed by atoms with Crippen LogP contribution < -0.4 is 5.73 Å². The number of rotatable bonds is 7. The van der Waals surface area contributed by atoms with Crippen molar-refractivity contribution < 1.29 is 8.42 Å². The highest BCUT2D eigenvalue weighted by Gasteiger charge is 2.25. The summed E-state index contributed by atoms with van der Waals surface area (Å²) in [5.41, 5.74) is 10.4. The molecule has 0 spiro atoms. The molecular formula is C19H31N5O2S. The van der Waals surface area contributed by atoms with Gasteiger partial charge < -0.3 is 10.3 Å². The van der Waals surface area contributed by atoms with Gasteiger partial charge in [-0.2, -0.15) is 0 Å². The zero-order valence-corrected chi connectivity index (χ0v) is 17.6. The largest absolute Gasteiger partial charge is 0.382 e. The molecule has 0 unspecified atom stereocenters. The topological polar surface area (TPSA) is 94.1 Å². The fourth-order valence-corrected chi connectivity index (χ4v) is 4.39. The molecule has 2 aromatic rings. The highest BCUT2D eigenvalue weighted by Crippen LogP contribution is 2.31. The van der Waals surface area contributed by atoms with Crippen LogP contribution >= 0.6 is 0 Å². The van der Waals surface area contributed by atoms with Crippen molar-refractivity contribution in [3.8, 4) is 0 Å². The van der Waals surface area contributed by atoms with Crippen molar-refractivity contribution in [1.29, 1.82) is 0 Å². The van der Waals surface area contributed by atoms with Gasteiger partial charge in [-0.3, -0.25) is 4.90 Å². The number of aromatic nitrogens is 3. The average Bonchev–Trinajstić information content (AvgIpc) is 2.91. The summed E-state index contributed by atoms with van der Waals surface area (Å²) in [6.07, 6.45) is 4.09. The molecule has 27 heavy (non-hydrogen) atoms. The molecule has 3 rings (SSSR count). The molecule has 8 heteroatoms. The van der Waals surface area contributed by atoms with Crippen LogP contribution in [0.4, 0.5) is 5.82 Å². The summed E-state index contributed by atoms with van der Waals surface area (Å²) in [6.45, 7) is 9.51. The Balaban J connectivity index is 2.02. The van der Waals surface area contributed by atoms with Gasteiger partial charge in [-0.25, -0.2) is 18.4 Å². The zero-order chi connectivity index (χ0) is 19.8. The van der Waals surface area contributed by atoms with Crippen LogP contribution in [-0.4, -0.2) is 53.0 Å². The lowest BCUT2D eigenvalue weighted by Crippen LogP contribution is -2.35. The summed E-state index contributed by atoms with van der Waals surface area (Å²) in [5, 5.41) is 0. The summed E-state index contributed by atoms with van der Waals surface area (Å²) in [6, 6.07) is 0. The molecule has 7 nitrogen and oxygen atoms in total. The number of hydrogen-bond acceptors (Lipinski definition) is 6. The number of nitrogens with zero attached hydrogens (tertiary/aromatic N) is 4. The number of hydrogen-bond donors (Lipinski definition) is 1. The molecule has 2 aromatic heterocycles. The smallest absolute Gasteiger partial charge is 0.151 e.